The van der Waals surface area contributed by atoms with E-state index in [1.807, 2.05) is 0 Å². The van der Waals surface area contributed by atoms with Gasteiger partial charge in [0.15, 0.2) is 11.5 Å². The fourth-order valence-corrected chi connectivity index (χ4v) is 3.32. The number of hydrazone groups is 1. The van der Waals surface area contributed by atoms with Crippen LogP contribution in [0, 0.1) is 26.0 Å². The highest BCUT2D eigenvalue weighted by Crippen LogP contribution is 2.37. The largest absolute Gasteiger partial charge is 0.493 e. The number of nitro groups is 2. The van der Waals surface area contributed by atoms with Gasteiger partial charge in [0.1, 0.15) is 18.1 Å². The number of nitro benzene ring substituents is 2. The average molecular weight is 519 g/mol. The molecule has 0 amide bonds. The van der Waals surface area contributed by atoms with Gasteiger partial charge in [-0.1, -0.05) is 12.1 Å². The van der Waals surface area contributed by atoms with Gasteiger partial charge in [-0.05, 0) is 57.4 Å². The van der Waals surface area contributed by atoms with E-state index < -0.39 is 21.2 Å². The molecule has 0 aliphatic heterocycles. The summed E-state index contributed by atoms with van der Waals surface area (Å²) in [6.07, 6.45) is 1.39. The predicted molar refractivity (Wildman–Crippen MR) is 122 cm³/mol. The number of benzene rings is 3. The van der Waals surface area contributed by atoms with Gasteiger partial charge in [-0.25, -0.2) is 4.39 Å². The molecule has 0 aliphatic rings. The standard InChI is InChI=1S/C21H16BrFN4O6/c1-32-20-9-14(8-17(22)21(20)33-12-13-2-4-15(23)5-3-13)11-24-25-18-7-6-16(26(28)29)10-19(18)27(30)31/h2-11,25H,12H2,1H3/b24-11-. The van der Waals surface area contributed by atoms with E-state index in [2.05, 4.69) is 26.5 Å². The van der Waals surface area contributed by atoms with Crippen LogP contribution in [-0.2, 0) is 6.61 Å². The molecule has 3 aromatic rings. The number of nitrogens with zero attached hydrogens (tertiary/aromatic N) is 3. The molecule has 0 radical (unpaired) electrons. The van der Waals surface area contributed by atoms with E-state index in [-0.39, 0.29) is 18.1 Å². The maximum absolute atomic E-state index is 13.1. The van der Waals surface area contributed by atoms with E-state index in [0.717, 1.165) is 17.7 Å². The summed E-state index contributed by atoms with van der Waals surface area (Å²) in [5.41, 5.74) is 2.97. The first-order valence-electron chi connectivity index (χ1n) is 9.25. The molecule has 170 valence electrons. The Balaban J connectivity index is 1.76. The summed E-state index contributed by atoms with van der Waals surface area (Å²) in [5, 5.41) is 26.0. The van der Waals surface area contributed by atoms with Crippen molar-refractivity contribution in [3.8, 4) is 11.5 Å². The third-order valence-electron chi connectivity index (χ3n) is 4.34. The van der Waals surface area contributed by atoms with Crippen molar-refractivity contribution in [1.82, 2.24) is 0 Å². The molecule has 0 bridgehead atoms. The van der Waals surface area contributed by atoms with Crippen LogP contribution in [0.15, 0.2) is 64.2 Å². The van der Waals surface area contributed by atoms with Crippen molar-refractivity contribution in [2.24, 2.45) is 5.10 Å². The van der Waals surface area contributed by atoms with Crippen LogP contribution in [-0.4, -0.2) is 23.2 Å². The fourth-order valence-electron chi connectivity index (χ4n) is 2.75. The molecule has 0 saturated carbocycles. The molecule has 0 aromatic heterocycles. The van der Waals surface area contributed by atoms with Gasteiger partial charge < -0.3 is 9.47 Å². The van der Waals surface area contributed by atoms with Crippen molar-refractivity contribution < 1.29 is 23.7 Å². The maximum Gasteiger partial charge on any atom is 0.301 e. The molecule has 0 saturated heterocycles. The lowest BCUT2D eigenvalue weighted by Gasteiger charge is -2.13. The minimum atomic E-state index is -0.738. The molecule has 0 fully saturated rings. The fraction of sp³-hybridized carbons (Fsp3) is 0.0952. The summed E-state index contributed by atoms with van der Waals surface area (Å²) in [6.45, 7) is 0.189. The Bertz CT molecular complexity index is 1220. The monoisotopic (exact) mass is 518 g/mol. The number of ether oxygens (including phenoxy) is 2. The number of rotatable bonds is 9. The van der Waals surface area contributed by atoms with Crippen molar-refractivity contribution >= 4 is 39.2 Å². The lowest BCUT2D eigenvalue weighted by atomic mass is 10.2. The lowest BCUT2D eigenvalue weighted by Crippen LogP contribution is -2.00. The zero-order valence-electron chi connectivity index (χ0n) is 17.0. The predicted octanol–water partition coefficient (Wildman–Crippen LogP) is 5.44. The number of nitrogens with one attached hydrogen (secondary N) is 1. The molecular weight excluding hydrogens is 503 g/mol. The molecule has 3 aromatic carbocycles. The van der Waals surface area contributed by atoms with Gasteiger partial charge in [0.2, 0.25) is 0 Å². The average Bonchev–Trinajstić information content (AvgIpc) is 2.79. The molecular formula is C21H16BrFN4O6. The molecule has 33 heavy (non-hydrogen) atoms. The second-order valence-corrected chi connectivity index (χ2v) is 7.39. The Morgan fingerprint density at radius 3 is 2.45 bits per heavy atom. The van der Waals surface area contributed by atoms with Gasteiger partial charge in [-0.15, -0.1) is 0 Å². The Morgan fingerprint density at radius 1 is 1.09 bits per heavy atom. The summed E-state index contributed by atoms with van der Waals surface area (Å²) in [4.78, 5) is 20.6. The highest BCUT2D eigenvalue weighted by molar-refractivity contribution is 9.10. The number of hydrogen-bond acceptors (Lipinski definition) is 8. The molecule has 0 unspecified atom stereocenters. The molecule has 10 nitrogen and oxygen atoms in total. The summed E-state index contributed by atoms with van der Waals surface area (Å²) in [7, 11) is 1.46. The van der Waals surface area contributed by atoms with Crippen LogP contribution in [0.2, 0.25) is 0 Å². The van der Waals surface area contributed by atoms with Gasteiger partial charge in [-0.3, -0.25) is 25.7 Å². The summed E-state index contributed by atoms with van der Waals surface area (Å²) in [5.74, 6) is 0.487. The van der Waals surface area contributed by atoms with Gasteiger partial charge >= 0.3 is 5.69 Å². The van der Waals surface area contributed by atoms with E-state index in [9.17, 15) is 24.6 Å². The Labute approximate surface area is 195 Å². The van der Waals surface area contributed by atoms with Crippen LogP contribution in [0.4, 0.5) is 21.5 Å². The van der Waals surface area contributed by atoms with Gasteiger partial charge in [-0.2, -0.15) is 5.10 Å². The molecule has 1 N–H and O–H groups in total. The Kier molecular flexibility index (Phi) is 7.51. The van der Waals surface area contributed by atoms with Crippen molar-refractivity contribution in [3.05, 3.63) is 96.2 Å². The maximum atomic E-state index is 13.1. The number of halogens is 2. The minimum Gasteiger partial charge on any atom is -0.493 e. The zero-order valence-corrected chi connectivity index (χ0v) is 18.6. The molecule has 12 heteroatoms. The SMILES string of the molecule is COc1cc(/C=N\Nc2ccc([N+](=O)[O-])cc2[N+](=O)[O-])cc(Br)c1OCc1ccc(F)cc1. The first-order valence-corrected chi connectivity index (χ1v) is 10.0. The third-order valence-corrected chi connectivity index (χ3v) is 4.92. The van der Waals surface area contributed by atoms with Crippen molar-refractivity contribution in [1.29, 1.82) is 0 Å². The van der Waals surface area contributed by atoms with Crippen LogP contribution in [0.5, 0.6) is 11.5 Å². The minimum absolute atomic E-state index is 0.00729. The van der Waals surface area contributed by atoms with E-state index in [4.69, 9.17) is 9.47 Å². The smallest absolute Gasteiger partial charge is 0.301 e. The number of non-ortho nitro benzene ring substituents is 1. The lowest BCUT2D eigenvalue weighted by molar-refractivity contribution is -0.393. The van der Waals surface area contributed by atoms with E-state index in [1.165, 1.54) is 31.5 Å². The first-order chi connectivity index (χ1) is 15.8. The number of anilines is 1. The van der Waals surface area contributed by atoms with Crippen LogP contribution >= 0.6 is 15.9 Å². The van der Waals surface area contributed by atoms with Crippen LogP contribution in [0.1, 0.15) is 11.1 Å². The summed E-state index contributed by atoms with van der Waals surface area (Å²) < 4.78 is 24.8. The molecule has 0 aliphatic carbocycles. The van der Waals surface area contributed by atoms with Crippen molar-refractivity contribution in [2.45, 2.75) is 6.61 Å². The zero-order chi connectivity index (χ0) is 24.0. The normalized spacial score (nSPS) is 10.8. The second-order valence-electron chi connectivity index (χ2n) is 6.53. The van der Waals surface area contributed by atoms with Crippen LogP contribution in [0.3, 0.4) is 0 Å². The van der Waals surface area contributed by atoms with E-state index in [1.54, 1.807) is 24.3 Å². The topological polar surface area (TPSA) is 129 Å². The molecule has 0 heterocycles. The Hall–Kier alpha value is -4.06. The van der Waals surface area contributed by atoms with Crippen molar-refractivity contribution in [2.75, 3.05) is 12.5 Å². The highest BCUT2D eigenvalue weighted by Gasteiger charge is 2.19. The van der Waals surface area contributed by atoms with Gasteiger partial charge in [0.05, 0.1) is 33.7 Å². The highest BCUT2D eigenvalue weighted by atomic mass is 79.9. The number of hydrogen-bond donors (Lipinski definition) is 1. The van der Waals surface area contributed by atoms with Crippen LogP contribution < -0.4 is 14.9 Å². The quantitative estimate of drug-likeness (QED) is 0.227. The van der Waals surface area contributed by atoms with E-state index in [0.29, 0.717) is 21.5 Å². The van der Waals surface area contributed by atoms with Gasteiger partial charge in [0, 0.05) is 6.07 Å². The Morgan fingerprint density at radius 2 is 1.82 bits per heavy atom. The first kappa shape index (κ1) is 23.6. The molecule has 0 spiro atoms. The molecule has 0 atom stereocenters. The van der Waals surface area contributed by atoms with E-state index >= 15 is 0 Å². The second kappa shape index (κ2) is 10.5. The van der Waals surface area contributed by atoms with Gasteiger partial charge in [0.25, 0.3) is 5.69 Å². The summed E-state index contributed by atoms with van der Waals surface area (Å²) in [6, 6.07) is 12.4. The van der Waals surface area contributed by atoms with Crippen molar-refractivity contribution in [3.63, 3.8) is 0 Å². The molecule has 3 rings (SSSR count). The third kappa shape index (κ3) is 6.01. The summed E-state index contributed by atoms with van der Waals surface area (Å²) >= 11 is 3.41. The van der Waals surface area contributed by atoms with Crippen LogP contribution in [0.25, 0.3) is 0 Å². The number of methoxy groups -OCH3 is 1.